The first-order valence-electron chi connectivity index (χ1n) is 10.9. The molecule has 2 atom stereocenters. The van der Waals surface area contributed by atoms with Crippen molar-refractivity contribution in [1.29, 1.82) is 0 Å². The molecule has 1 saturated carbocycles. The molecule has 0 spiro atoms. The highest BCUT2D eigenvalue weighted by Gasteiger charge is 2.33. The van der Waals surface area contributed by atoms with Crippen LogP contribution in [0.5, 0.6) is 5.75 Å². The van der Waals surface area contributed by atoms with Crippen molar-refractivity contribution in [3.8, 4) is 5.75 Å². The van der Waals surface area contributed by atoms with Crippen LogP contribution >= 0.6 is 0 Å². The van der Waals surface area contributed by atoms with E-state index >= 15 is 0 Å². The summed E-state index contributed by atoms with van der Waals surface area (Å²) in [6.45, 7) is -0.323. The summed E-state index contributed by atoms with van der Waals surface area (Å²) in [5.41, 5.74) is 5.44. The molecule has 10 heteroatoms. The number of hydrogen-bond donors (Lipinski definition) is 2. The summed E-state index contributed by atoms with van der Waals surface area (Å²) in [6.07, 6.45) is 6.28. The van der Waals surface area contributed by atoms with E-state index in [4.69, 9.17) is 19.9 Å². The average molecular weight is 469 g/mol. The number of ether oxygens (including phenoxy) is 3. The normalized spacial score (nSPS) is 21.9. The smallest absolute Gasteiger partial charge is 0.283 e. The lowest BCUT2D eigenvalue weighted by molar-refractivity contribution is -0.149. The molecule has 3 rings (SSSR count). The zero-order valence-electron chi connectivity index (χ0n) is 18.3. The molecule has 1 aliphatic heterocycles. The molecule has 1 aromatic carbocycles. The number of nitrogens with two attached hydrogens (primary N) is 1. The molecule has 0 bridgehead atoms. The standard InChI is InChI=1S/C22H32N2O7S/c1-29-18-6-8-19(9-7-18)32(27,28)24(10-12-25)11-13-30-21-15-17(16-4-2-3-5-16)14-20(31-21)22(23)26/h6-9,14,16-17,21,25H,2-5,10-13,15H2,1H3,(H2,23,26)/t17-,21+/m1/s1. The molecular formula is C22H32N2O7S. The van der Waals surface area contributed by atoms with Gasteiger partial charge in [-0.15, -0.1) is 0 Å². The second-order valence-corrected chi connectivity index (χ2v) is 10.00. The summed E-state index contributed by atoms with van der Waals surface area (Å²) in [6, 6.07) is 6.05. The second-order valence-electron chi connectivity index (χ2n) is 8.06. The van der Waals surface area contributed by atoms with Gasteiger partial charge in [-0.3, -0.25) is 4.79 Å². The van der Waals surface area contributed by atoms with E-state index in [1.807, 2.05) is 6.08 Å². The highest BCUT2D eigenvalue weighted by atomic mass is 32.2. The van der Waals surface area contributed by atoms with Gasteiger partial charge in [-0.1, -0.05) is 12.8 Å². The van der Waals surface area contributed by atoms with Gasteiger partial charge in [0.05, 0.1) is 25.2 Å². The van der Waals surface area contributed by atoms with Crippen LogP contribution in [0, 0.1) is 11.8 Å². The maximum Gasteiger partial charge on any atom is 0.283 e. The fraction of sp³-hybridized carbons (Fsp3) is 0.591. The molecule has 1 amide bonds. The van der Waals surface area contributed by atoms with Gasteiger partial charge in [0.2, 0.25) is 16.3 Å². The van der Waals surface area contributed by atoms with E-state index < -0.39 is 22.2 Å². The molecule has 0 unspecified atom stereocenters. The molecule has 1 heterocycles. The third-order valence-corrected chi connectivity index (χ3v) is 7.94. The number of primary amides is 1. The Morgan fingerprint density at radius 3 is 2.50 bits per heavy atom. The number of carbonyl (C=O) groups is 1. The van der Waals surface area contributed by atoms with Gasteiger partial charge in [-0.25, -0.2) is 8.42 Å². The van der Waals surface area contributed by atoms with Gasteiger partial charge in [0.25, 0.3) is 5.91 Å². The number of benzene rings is 1. The number of carbonyl (C=O) groups excluding carboxylic acids is 1. The van der Waals surface area contributed by atoms with Crippen molar-refractivity contribution < 1.29 is 32.5 Å². The average Bonchev–Trinajstić information content (AvgIpc) is 3.33. The minimum absolute atomic E-state index is 0.0263. The molecule has 1 aromatic rings. The maximum absolute atomic E-state index is 13.0. The Labute approximate surface area is 189 Å². The zero-order chi connectivity index (χ0) is 23.1. The molecule has 0 radical (unpaired) electrons. The SMILES string of the molecule is COc1ccc(S(=O)(=O)N(CCO)CCO[C@@H]2C[C@H](C3CCCC3)C=C(C(N)=O)O2)cc1. The predicted octanol–water partition coefficient (Wildman–Crippen LogP) is 1.62. The van der Waals surface area contributed by atoms with E-state index in [9.17, 15) is 18.3 Å². The van der Waals surface area contributed by atoms with Gasteiger partial charge in [-0.05, 0) is 55.0 Å². The number of sulfonamides is 1. The van der Waals surface area contributed by atoms with Gasteiger partial charge in [0.1, 0.15) is 5.75 Å². The van der Waals surface area contributed by atoms with Crippen molar-refractivity contribution in [3.63, 3.8) is 0 Å². The van der Waals surface area contributed by atoms with E-state index in [-0.39, 0.29) is 42.9 Å². The van der Waals surface area contributed by atoms with Crippen LogP contribution < -0.4 is 10.5 Å². The lowest BCUT2D eigenvalue weighted by Gasteiger charge is -2.32. The van der Waals surface area contributed by atoms with Crippen LogP contribution in [0.2, 0.25) is 0 Å². The zero-order valence-corrected chi connectivity index (χ0v) is 19.1. The second kappa shape index (κ2) is 11.1. The van der Waals surface area contributed by atoms with Crippen molar-refractivity contribution >= 4 is 15.9 Å². The monoisotopic (exact) mass is 468 g/mol. The predicted molar refractivity (Wildman–Crippen MR) is 117 cm³/mol. The third kappa shape index (κ3) is 6.00. The number of aliphatic hydroxyl groups is 1. The Kier molecular flexibility index (Phi) is 8.52. The minimum Gasteiger partial charge on any atom is -0.497 e. The number of allylic oxidation sites excluding steroid dienone is 1. The van der Waals surface area contributed by atoms with E-state index in [0.717, 1.165) is 17.1 Å². The Balaban J connectivity index is 1.62. The molecule has 0 aromatic heterocycles. The van der Waals surface area contributed by atoms with Crippen LogP contribution in [0.4, 0.5) is 0 Å². The summed E-state index contributed by atoms with van der Waals surface area (Å²) < 4.78 is 43.6. The van der Waals surface area contributed by atoms with Crippen LogP contribution in [0.25, 0.3) is 0 Å². The molecule has 9 nitrogen and oxygen atoms in total. The number of aliphatic hydroxyl groups excluding tert-OH is 1. The van der Waals surface area contributed by atoms with Crippen molar-refractivity contribution in [2.45, 2.75) is 43.3 Å². The topological polar surface area (TPSA) is 128 Å². The van der Waals surface area contributed by atoms with E-state index in [1.54, 1.807) is 12.1 Å². The lowest BCUT2D eigenvalue weighted by Crippen LogP contribution is -2.38. The first kappa shape index (κ1) is 24.5. The van der Waals surface area contributed by atoms with E-state index in [0.29, 0.717) is 18.1 Å². The van der Waals surface area contributed by atoms with Crippen LogP contribution in [-0.2, 0) is 24.3 Å². The number of hydrogen-bond acceptors (Lipinski definition) is 7. The fourth-order valence-corrected chi connectivity index (χ4v) is 5.73. The first-order chi connectivity index (χ1) is 15.3. The highest BCUT2D eigenvalue weighted by Crippen LogP contribution is 2.38. The Hall–Kier alpha value is -2.14. The number of methoxy groups -OCH3 is 1. The summed E-state index contributed by atoms with van der Waals surface area (Å²) in [5, 5.41) is 9.38. The molecule has 1 aliphatic carbocycles. The van der Waals surface area contributed by atoms with Gasteiger partial charge in [0.15, 0.2) is 5.76 Å². The summed E-state index contributed by atoms with van der Waals surface area (Å²) in [4.78, 5) is 11.8. The molecular weight excluding hydrogens is 436 g/mol. The summed E-state index contributed by atoms with van der Waals surface area (Å²) >= 11 is 0. The van der Waals surface area contributed by atoms with E-state index in [1.165, 1.54) is 32.1 Å². The highest BCUT2D eigenvalue weighted by molar-refractivity contribution is 7.89. The van der Waals surface area contributed by atoms with Crippen LogP contribution in [0.1, 0.15) is 32.1 Å². The molecule has 2 aliphatic rings. The molecule has 0 saturated heterocycles. The fourth-order valence-electron chi connectivity index (χ4n) is 4.32. The number of rotatable bonds is 11. The summed E-state index contributed by atoms with van der Waals surface area (Å²) in [7, 11) is -2.33. The molecule has 178 valence electrons. The molecule has 1 fully saturated rings. The molecule has 32 heavy (non-hydrogen) atoms. The van der Waals surface area contributed by atoms with E-state index in [2.05, 4.69) is 0 Å². The van der Waals surface area contributed by atoms with Crippen LogP contribution in [0.15, 0.2) is 41.0 Å². The van der Waals surface area contributed by atoms with Crippen molar-refractivity contribution in [2.75, 3.05) is 33.4 Å². The van der Waals surface area contributed by atoms with Gasteiger partial charge < -0.3 is 25.1 Å². The lowest BCUT2D eigenvalue weighted by atomic mass is 9.86. The summed E-state index contributed by atoms with van der Waals surface area (Å²) in [5.74, 6) is 0.642. The minimum atomic E-state index is -3.83. The third-order valence-electron chi connectivity index (χ3n) is 6.03. The van der Waals surface area contributed by atoms with Gasteiger partial charge >= 0.3 is 0 Å². The number of nitrogens with zero attached hydrogens (tertiary/aromatic N) is 1. The Bertz CT molecular complexity index is 895. The van der Waals surface area contributed by atoms with Crippen molar-refractivity contribution in [2.24, 2.45) is 17.6 Å². The van der Waals surface area contributed by atoms with Crippen LogP contribution in [-0.4, -0.2) is 63.4 Å². The van der Waals surface area contributed by atoms with Crippen molar-refractivity contribution in [1.82, 2.24) is 4.31 Å². The van der Waals surface area contributed by atoms with Gasteiger partial charge in [0, 0.05) is 19.5 Å². The van der Waals surface area contributed by atoms with Crippen molar-refractivity contribution in [3.05, 3.63) is 36.1 Å². The number of amides is 1. The van der Waals surface area contributed by atoms with Gasteiger partial charge in [-0.2, -0.15) is 4.31 Å². The Morgan fingerprint density at radius 1 is 1.22 bits per heavy atom. The first-order valence-corrected chi connectivity index (χ1v) is 12.3. The Morgan fingerprint density at radius 2 is 1.91 bits per heavy atom. The van der Waals surface area contributed by atoms with Crippen LogP contribution in [0.3, 0.4) is 0 Å². The molecule has 3 N–H and O–H groups in total. The largest absolute Gasteiger partial charge is 0.497 e. The quantitative estimate of drug-likeness (QED) is 0.505. The maximum atomic E-state index is 13.0.